The van der Waals surface area contributed by atoms with Crippen LogP contribution in [-0.2, 0) is 24.3 Å². The van der Waals surface area contributed by atoms with E-state index in [1.807, 2.05) is 4.72 Å². The molecule has 0 saturated heterocycles. The lowest BCUT2D eigenvalue weighted by Gasteiger charge is -2.12. The van der Waals surface area contributed by atoms with Gasteiger partial charge in [-0.1, -0.05) is 0 Å². The minimum absolute atomic E-state index is 0.231. The van der Waals surface area contributed by atoms with E-state index < -0.39 is 34.4 Å². The summed E-state index contributed by atoms with van der Waals surface area (Å²) in [6.45, 7) is 0.245. The fourth-order valence-electron chi connectivity index (χ4n) is 1.05. The first-order valence-corrected chi connectivity index (χ1v) is 6.44. The van der Waals surface area contributed by atoms with Gasteiger partial charge in [-0.05, 0) is 6.42 Å². The summed E-state index contributed by atoms with van der Waals surface area (Å²) in [4.78, 5) is 21.2. The minimum atomic E-state index is -3.76. The predicted molar refractivity (Wildman–Crippen MR) is 58.7 cm³/mol. The molecule has 4 N–H and O–H groups in total. The molecule has 0 fully saturated rings. The number of primary amides is 1. The van der Waals surface area contributed by atoms with Crippen LogP contribution in [0.4, 0.5) is 0 Å². The zero-order chi connectivity index (χ0) is 13.5. The molecule has 0 saturated carbocycles. The van der Waals surface area contributed by atoms with Crippen molar-refractivity contribution >= 4 is 21.9 Å². The Morgan fingerprint density at radius 1 is 1.47 bits per heavy atom. The summed E-state index contributed by atoms with van der Waals surface area (Å²) in [5, 5.41) is 8.70. The quantitative estimate of drug-likeness (QED) is 0.425. The smallest absolute Gasteiger partial charge is 0.322 e. The molecule has 0 aliphatic heterocycles. The number of nitrogens with one attached hydrogen (secondary N) is 1. The molecule has 0 radical (unpaired) electrons. The fourth-order valence-corrected chi connectivity index (χ4v) is 2.28. The van der Waals surface area contributed by atoms with Gasteiger partial charge in [-0.2, -0.15) is 0 Å². The molecular formula is C8H16N2O6S. The van der Waals surface area contributed by atoms with Crippen LogP contribution in [0.25, 0.3) is 0 Å². The SMILES string of the molecule is COCCCS(=O)(=O)N[C@H](CC(N)=O)C(=O)O. The van der Waals surface area contributed by atoms with Crippen molar-refractivity contribution < 1.29 is 27.9 Å². The minimum Gasteiger partial charge on any atom is -0.480 e. The highest BCUT2D eigenvalue weighted by Gasteiger charge is 2.25. The molecule has 8 nitrogen and oxygen atoms in total. The number of hydrogen-bond donors (Lipinski definition) is 3. The summed E-state index contributed by atoms with van der Waals surface area (Å²) in [5.41, 5.74) is 4.81. The number of rotatable bonds is 9. The number of carbonyl (C=O) groups is 2. The van der Waals surface area contributed by atoms with Crippen LogP contribution < -0.4 is 10.5 Å². The summed E-state index contributed by atoms with van der Waals surface area (Å²) in [5.74, 6) is -2.61. The third kappa shape index (κ3) is 7.66. The van der Waals surface area contributed by atoms with E-state index in [1.54, 1.807) is 0 Å². The molecule has 0 rings (SSSR count). The molecule has 0 heterocycles. The molecule has 1 atom stereocenters. The molecule has 9 heteroatoms. The highest BCUT2D eigenvalue weighted by molar-refractivity contribution is 7.89. The second-order valence-corrected chi connectivity index (χ2v) is 5.22. The Kier molecular flexibility index (Phi) is 6.69. The number of nitrogens with two attached hydrogens (primary N) is 1. The third-order valence-electron chi connectivity index (χ3n) is 1.79. The van der Waals surface area contributed by atoms with Crippen LogP contribution in [-0.4, -0.2) is 50.9 Å². The van der Waals surface area contributed by atoms with Crippen LogP contribution in [0.5, 0.6) is 0 Å². The molecule has 0 spiro atoms. The van der Waals surface area contributed by atoms with Crippen molar-refractivity contribution in [3.05, 3.63) is 0 Å². The molecule has 17 heavy (non-hydrogen) atoms. The van der Waals surface area contributed by atoms with Gasteiger partial charge in [-0.15, -0.1) is 0 Å². The maximum atomic E-state index is 11.4. The molecule has 1 amide bonds. The van der Waals surface area contributed by atoms with Gasteiger partial charge in [0.25, 0.3) is 0 Å². The number of hydrogen-bond acceptors (Lipinski definition) is 5. The Bertz CT molecular complexity index is 366. The molecule has 0 aliphatic carbocycles. The lowest BCUT2D eigenvalue weighted by atomic mass is 10.2. The first kappa shape index (κ1) is 15.8. The van der Waals surface area contributed by atoms with Gasteiger partial charge in [-0.25, -0.2) is 13.1 Å². The van der Waals surface area contributed by atoms with Crippen molar-refractivity contribution in [3.8, 4) is 0 Å². The summed E-state index contributed by atoms with van der Waals surface area (Å²) in [6, 6.07) is -1.53. The Hall–Kier alpha value is -1.19. The second kappa shape index (κ2) is 7.20. The van der Waals surface area contributed by atoms with Crippen molar-refractivity contribution in [2.75, 3.05) is 19.5 Å². The van der Waals surface area contributed by atoms with Gasteiger partial charge in [0.2, 0.25) is 15.9 Å². The van der Waals surface area contributed by atoms with Crippen LogP contribution in [0.2, 0.25) is 0 Å². The summed E-state index contributed by atoms with van der Waals surface area (Å²) in [6.07, 6.45) is -0.354. The maximum absolute atomic E-state index is 11.4. The van der Waals surface area contributed by atoms with Crippen LogP contribution in [0, 0.1) is 0 Å². The van der Waals surface area contributed by atoms with E-state index >= 15 is 0 Å². The van der Waals surface area contributed by atoms with E-state index in [4.69, 9.17) is 10.8 Å². The van der Waals surface area contributed by atoms with Crippen LogP contribution in [0.15, 0.2) is 0 Å². The van der Waals surface area contributed by atoms with Gasteiger partial charge in [0.05, 0.1) is 12.2 Å². The number of carboxylic acids is 1. The van der Waals surface area contributed by atoms with E-state index in [9.17, 15) is 18.0 Å². The predicted octanol–water partition coefficient (Wildman–Crippen LogP) is -1.73. The molecular weight excluding hydrogens is 252 g/mol. The number of sulfonamides is 1. The highest BCUT2D eigenvalue weighted by Crippen LogP contribution is 1.98. The van der Waals surface area contributed by atoms with Gasteiger partial charge in [0.15, 0.2) is 0 Å². The van der Waals surface area contributed by atoms with Crippen LogP contribution in [0.3, 0.4) is 0 Å². The van der Waals surface area contributed by atoms with Crippen molar-refractivity contribution in [3.63, 3.8) is 0 Å². The highest BCUT2D eigenvalue weighted by atomic mass is 32.2. The van der Waals surface area contributed by atoms with Gasteiger partial charge < -0.3 is 15.6 Å². The Morgan fingerprint density at radius 3 is 2.47 bits per heavy atom. The molecule has 0 aliphatic rings. The summed E-state index contributed by atoms with van der Waals surface area (Å²) >= 11 is 0. The Balaban J connectivity index is 4.42. The molecule has 0 aromatic heterocycles. The van der Waals surface area contributed by atoms with E-state index in [1.165, 1.54) is 7.11 Å². The normalized spacial score (nSPS) is 13.2. The lowest BCUT2D eigenvalue weighted by molar-refractivity contribution is -0.140. The van der Waals surface area contributed by atoms with Gasteiger partial charge in [-0.3, -0.25) is 9.59 Å². The zero-order valence-electron chi connectivity index (χ0n) is 9.38. The standard InChI is InChI=1S/C8H16N2O6S/c1-16-3-2-4-17(14,15)10-6(8(12)13)5-7(9)11/h6,10H,2-5H2,1H3,(H2,9,11)(H,12,13)/t6-/m1/s1. The van der Waals surface area contributed by atoms with Crippen LogP contribution in [0.1, 0.15) is 12.8 Å². The molecule has 0 aromatic rings. The van der Waals surface area contributed by atoms with Gasteiger partial charge in [0.1, 0.15) is 6.04 Å². The lowest BCUT2D eigenvalue weighted by Crippen LogP contribution is -2.44. The molecule has 0 unspecified atom stereocenters. The number of carbonyl (C=O) groups excluding carboxylic acids is 1. The second-order valence-electron chi connectivity index (χ2n) is 3.34. The number of ether oxygens (including phenoxy) is 1. The van der Waals surface area contributed by atoms with Crippen molar-refractivity contribution in [2.24, 2.45) is 5.73 Å². The van der Waals surface area contributed by atoms with Gasteiger partial charge >= 0.3 is 5.97 Å². The molecule has 100 valence electrons. The van der Waals surface area contributed by atoms with Crippen LogP contribution >= 0.6 is 0 Å². The Morgan fingerprint density at radius 2 is 2.06 bits per heavy atom. The van der Waals surface area contributed by atoms with Crippen molar-refractivity contribution in [2.45, 2.75) is 18.9 Å². The average Bonchev–Trinajstić information content (AvgIpc) is 2.15. The molecule has 0 bridgehead atoms. The number of amides is 1. The molecule has 0 aromatic carbocycles. The Labute approximate surface area is 99.2 Å². The van der Waals surface area contributed by atoms with Crippen molar-refractivity contribution in [1.29, 1.82) is 0 Å². The summed E-state index contributed by atoms with van der Waals surface area (Å²) in [7, 11) is -2.34. The van der Waals surface area contributed by atoms with E-state index in [2.05, 4.69) is 4.74 Å². The first-order valence-electron chi connectivity index (χ1n) is 4.78. The first-order chi connectivity index (χ1) is 7.78. The van der Waals surface area contributed by atoms with E-state index in [-0.39, 0.29) is 18.8 Å². The summed E-state index contributed by atoms with van der Waals surface area (Å²) < 4.78 is 29.4. The third-order valence-corrected chi connectivity index (χ3v) is 3.26. The number of methoxy groups -OCH3 is 1. The average molecular weight is 268 g/mol. The van der Waals surface area contributed by atoms with E-state index in [0.29, 0.717) is 0 Å². The largest absolute Gasteiger partial charge is 0.480 e. The van der Waals surface area contributed by atoms with Crippen molar-refractivity contribution in [1.82, 2.24) is 4.72 Å². The van der Waals surface area contributed by atoms with Gasteiger partial charge in [0, 0.05) is 13.7 Å². The topological polar surface area (TPSA) is 136 Å². The monoisotopic (exact) mass is 268 g/mol. The van der Waals surface area contributed by atoms with E-state index in [0.717, 1.165) is 0 Å². The number of carboxylic acid groups (broad SMARTS) is 1. The maximum Gasteiger partial charge on any atom is 0.322 e. The zero-order valence-corrected chi connectivity index (χ0v) is 10.2. The fraction of sp³-hybridized carbons (Fsp3) is 0.750. The number of aliphatic carboxylic acids is 1.